The van der Waals surface area contributed by atoms with Gasteiger partial charge in [-0.1, -0.05) is 12.1 Å². The Hall–Kier alpha value is -2.63. The molecule has 6 heteroatoms. The Labute approximate surface area is 102 Å². The monoisotopic (exact) mass is 242 g/mol. The molecule has 0 atom stereocenters. The van der Waals surface area contributed by atoms with Gasteiger partial charge in [0.2, 0.25) is 5.88 Å². The second-order valence-corrected chi connectivity index (χ2v) is 3.75. The molecule has 0 saturated carbocycles. The fourth-order valence-electron chi connectivity index (χ4n) is 1.67. The molecule has 6 nitrogen and oxygen atoms in total. The van der Waals surface area contributed by atoms with E-state index in [1.807, 2.05) is 0 Å². The zero-order chi connectivity index (χ0) is 12.5. The largest absolute Gasteiger partial charge is 0.504 e. The highest BCUT2D eigenvalue weighted by Gasteiger charge is 2.11. The Morgan fingerprint density at radius 3 is 2.89 bits per heavy atom. The molecule has 0 aliphatic carbocycles. The minimum atomic E-state index is 0.0631. The lowest BCUT2D eigenvalue weighted by Crippen LogP contribution is -1.94. The van der Waals surface area contributed by atoms with Gasteiger partial charge in [0.25, 0.3) is 0 Å². The van der Waals surface area contributed by atoms with Gasteiger partial charge in [-0.2, -0.15) is 5.10 Å². The second kappa shape index (κ2) is 3.99. The van der Waals surface area contributed by atoms with Gasteiger partial charge in [-0.05, 0) is 12.1 Å². The number of hydrogen-bond donors (Lipinski definition) is 1. The second-order valence-electron chi connectivity index (χ2n) is 3.75. The van der Waals surface area contributed by atoms with Crippen LogP contribution < -0.4 is 4.74 Å². The molecule has 0 aliphatic heterocycles. The molecule has 1 aromatic carbocycles. The third-order valence-electron chi connectivity index (χ3n) is 2.56. The summed E-state index contributed by atoms with van der Waals surface area (Å²) in [5.41, 5.74) is 0.676. The maximum Gasteiger partial charge on any atom is 0.233 e. The standard InChI is InChI=1S/C12H10N4O2/c1-16-11-8(6-15-16)12(14-7-13-11)18-10-5-3-2-4-9(10)17/h2-7,17H,1H3. The number of phenols is 1. The van der Waals surface area contributed by atoms with Crippen molar-refractivity contribution in [2.24, 2.45) is 7.05 Å². The number of ether oxygens (including phenoxy) is 1. The van der Waals surface area contributed by atoms with Gasteiger partial charge in [-0.25, -0.2) is 9.97 Å². The quantitative estimate of drug-likeness (QED) is 0.742. The number of aryl methyl sites for hydroxylation is 1. The Bertz CT molecular complexity index is 708. The summed E-state index contributed by atoms with van der Waals surface area (Å²) in [6.45, 7) is 0. The van der Waals surface area contributed by atoms with Crippen molar-refractivity contribution in [2.45, 2.75) is 0 Å². The van der Waals surface area contributed by atoms with Crippen LogP contribution in [0.15, 0.2) is 36.8 Å². The van der Waals surface area contributed by atoms with Crippen molar-refractivity contribution in [1.82, 2.24) is 19.7 Å². The van der Waals surface area contributed by atoms with Crippen molar-refractivity contribution in [3.8, 4) is 17.4 Å². The van der Waals surface area contributed by atoms with Crippen molar-refractivity contribution >= 4 is 11.0 Å². The average molecular weight is 242 g/mol. The maximum absolute atomic E-state index is 9.66. The van der Waals surface area contributed by atoms with Crippen LogP contribution in [0.25, 0.3) is 11.0 Å². The first kappa shape index (κ1) is 10.5. The van der Waals surface area contributed by atoms with E-state index < -0.39 is 0 Å². The molecule has 18 heavy (non-hydrogen) atoms. The number of aromatic nitrogens is 4. The Balaban J connectivity index is 2.08. The summed E-state index contributed by atoms with van der Waals surface area (Å²) in [5.74, 6) is 0.782. The molecule has 3 rings (SSSR count). The van der Waals surface area contributed by atoms with Crippen molar-refractivity contribution in [2.75, 3.05) is 0 Å². The molecular formula is C12H10N4O2. The topological polar surface area (TPSA) is 73.1 Å². The van der Waals surface area contributed by atoms with Crippen molar-refractivity contribution < 1.29 is 9.84 Å². The third-order valence-corrected chi connectivity index (χ3v) is 2.56. The number of benzene rings is 1. The molecule has 0 bridgehead atoms. The summed E-state index contributed by atoms with van der Waals surface area (Å²) in [4.78, 5) is 8.17. The number of aromatic hydroxyl groups is 1. The molecular weight excluding hydrogens is 232 g/mol. The van der Waals surface area contributed by atoms with Crippen LogP contribution in [0.1, 0.15) is 0 Å². The van der Waals surface area contributed by atoms with E-state index in [0.717, 1.165) is 0 Å². The minimum Gasteiger partial charge on any atom is -0.504 e. The van der Waals surface area contributed by atoms with Gasteiger partial charge < -0.3 is 9.84 Å². The van der Waals surface area contributed by atoms with Crippen LogP contribution in [0, 0.1) is 0 Å². The summed E-state index contributed by atoms with van der Waals surface area (Å²) >= 11 is 0. The Kier molecular flexibility index (Phi) is 2.33. The summed E-state index contributed by atoms with van der Waals surface area (Å²) in [6, 6.07) is 6.72. The van der Waals surface area contributed by atoms with Gasteiger partial charge in [-0.15, -0.1) is 0 Å². The average Bonchev–Trinajstić information content (AvgIpc) is 2.76. The molecule has 0 fully saturated rings. The summed E-state index contributed by atoms with van der Waals surface area (Å²) in [6.07, 6.45) is 3.03. The maximum atomic E-state index is 9.66. The molecule has 0 amide bonds. The first-order valence-corrected chi connectivity index (χ1v) is 5.34. The fourth-order valence-corrected chi connectivity index (χ4v) is 1.67. The predicted octanol–water partition coefficient (Wildman–Crippen LogP) is 1.86. The Morgan fingerprint density at radius 1 is 1.22 bits per heavy atom. The lowest BCUT2D eigenvalue weighted by atomic mass is 10.3. The summed E-state index contributed by atoms with van der Waals surface area (Å²) in [5, 5.41) is 14.4. The van der Waals surface area contributed by atoms with E-state index >= 15 is 0 Å². The van der Waals surface area contributed by atoms with Crippen molar-refractivity contribution in [3.05, 3.63) is 36.8 Å². The molecule has 2 aromatic heterocycles. The highest BCUT2D eigenvalue weighted by molar-refractivity contribution is 5.80. The molecule has 0 radical (unpaired) electrons. The van der Waals surface area contributed by atoms with E-state index in [4.69, 9.17) is 4.74 Å². The lowest BCUT2D eigenvalue weighted by Gasteiger charge is -2.06. The first-order chi connectivity index (χ1) is 8.75. The highest BCUT2D eigenvalue weighted by Crippen LogP contribution is 2.31. The molecule has 1 N–H and O–H groups in total. The van der Waals surface area contributed by atoms with Gasteiger partial charge in [0, 0.05) is 7.05 Å². The highest BCUT2D eigenvalue weighted by atomic mass is 16.5. The van der Waals surface area contributed by atoms with Crippen LogP contribution in [-0.4, -0.2) is 24.9 Å². The molecule has 0 unspecified atom stereocenters. The molecule has 3 aromatic rings. The molecule has 90 valence electrons. The van der Waals surface area contributed by atoms with E-state index in [1.54, 1.807) is 42.2 Å². The molecule has 0 saturated heterocycles. The van der Waals surface area contributed by atoms with Gasteiger partial charge in [-0.3, -0.25) is 4.68 Å². The van der Waals surface area contributed by atoms with Gasteiger partial charge in [0.1, 0.15) is 11.7 Å². The SMILES string of the molecule is Cn1ncc2c(Oc3ccccc3O)ncnc21. The van der Waals surface area contributed by atoms with E-state index in [-0.39, 0.29) is 5.75 Å². The molecule has 2 heterocycles. The van der Waals surface area contributed by atoms with Gasteiger partial charge in [0.15, 0.2) is 17.1 Å². The molecule has 0 spiro atoms. The third kappa shape index (κ3) is 1.64. The van der Waals surface area contributed by atoms with Crippen LogP contribution in [0.2, 0.25) is 0 Å². The summed E-state index contributed by atoms with van der Waals surface area (Å²) in [7, 11) is 1.79. The van der Waals surface area contributed by atoms with Gasteiger partial charge >= 0.3 is 0 Å². The number of hydrogen-bond acceptors (Lipinski definition) is 5. The van der Waals surface area contributed by atoms with E-state index in [9.17, 15) is 5.11 Å². The van der Waals surface area contributed by atoms with Crippen LogP contribution >= 0.6 is 0 Å². The van der Waals surface area contributed by atoms with E-state index in [2.05, 4.69) is 15.1 Å². The van der Waals surface area contributed by atoms with Crippen LogP contribution in [0.3, 0.4) is 0 Å². The smallest absolute Gasteiger partial charge is 0.233 e. The fraction of sp³-hybridized carbons (Fsp3) is 0.0833. The van der Waals surface area contributed by atoms with E-state index in [0.29, 0.717) is 22.7 Å². The number of phenolic OH excluding ortho intramolecular Hbond substituents is 1. The number of para-hydroxylation sites is 2. The Morgan fingerprint density at radius 2 is 2.06 bits per heavy atom. The lowest BCUT2D eigenvalue weighted by molar-refractivity contribution is 0.405. The van der Waals surface area contributed by atoms with Crippen LogP contribution in [0.5, 0.6) is 17.4 Å². The minimum absolute atomic E-state index is 0.0631. The van der Waals surface area contributed by atoms with Crippen LogP contribution in [0.4, 0.5) is 0 Å². The number of fused-ring (bicyclic) bond motifs is 1. The number of nitrogens with zero attached hydrogens (tertiary/aromatic N) is 4. The van der Waals surface area contributed by atoms with Gasteiger partial charge in [0.05, 0.1) is 6.20 Å². The van der Waals surface area contributed by atoms with Crippen LogP contribution in [-0.2, 0) is 7.05 Å². The number of rotatable bonds is 2. The zero-order valence-corrected chi connectivity index (χ0v) is 9.61. The summed E-state index contributed by atoms with van der Waals surface area (Å²) < 4.78 is 7.21. The normalized spacial score (nSPS) is 10.7. The zero-order valence-electron chi connectivity index (χ0n) is 9.61. The van der Waals surface area contributed by atoms with Crippen molar-refractivity contribution in [3.63, 3.8) is 0 Å². The van der Waals surface area contributed by atoms with Crippen molar-refractivity contribution in [1.29, 1.82) is 0 Å². The van der Waals surface area contributed by atoms with E-state index in [1.165, 1.54) is 6.33 Å². The predicted molar refractivity (Wildman–Crippen MR) is 64.5 cm³/mol. The first-order valence-electron chi connectivity index (χ1n) is 5.34. The molecule has 0 aliphatic rings.